The van der Waals surface area contributed by atoms with Gasteiger partial charge in [0.25, 0.3) is 0 Å². The van der Waals surface area contributed by atoms with Gasteiger partial charge in [0.2, 0.25) is 17.7 Å². The fourth-order valence-corrected chi connectivity index (χ4v) is 11.1. The number of carbonyl (C=O) groups excluding carboxylic acids is 4. The smallest absolute Gasteiger partial charge is 0.246 e. The summed E-state index contributed by atoms with van der Waals surface area (Å²) in [5.74, 6) is 1.54. The van der Waals surface area contributed by atoms with Crippen LogP contribution < -0.4 is 20.1 Å². The lowest BCUT2D eigenvalue weighted by molar-refractivity contribution is -0.143. The van der Waals surface area contributed by atoms with E-state index in [9.17, 15) is 24.3 Å². The minimum absolute atomic E-state index is 0.0227. The first kappa shape index (κ1) is 51.7. The lowest BCUT2D eigenvalue weighted by Gasteiger charge is -2.35. The molecule has 3 aromatic heterocycles. The molecule has 4 atom stereocenters. The number of benzene rings is 3. The van der Waals surface area contributed by atoms with Crippen LogP contribution in [0.25, 0.3) is 15.4 Å². The van der Waals surface area contributed by atoms with Gasteiger partial charge in [-0.25, -0.2) is 4.98 Å². The third-order valence-corrected chi connectivity index (χ3v) is 15.1. The van der Waals surface area contributed by atoms with Crippen molar-refractivity contribution >= 4 is 57.6 Å². The summed E-state index contributed by atoms with van der Waals surface area (Å²) in [5, 5.41) is 26.3. The summed E-state index contributed by atoms with van der Waals surface area (Å²) in [5.41, 5.74) is 8.31. The van der Waals surface area contributed by atoms with Crippen LogP contribution in [0.5, 0.6) is 11.5 Å². The first-order chi connectivity index (χ1) is 34.5. The maximum Gasteiger partial charge on any atom is 0.246 e. The fourth-order valence-electron chi connectivity index (χ4n) is 9.09. The number of carbonyl (C=O) groups is 4. The minimum atomic E-state index is -0.852. The Balaban J connectivity index is 0.884. The van der Waals surface area contributed by atoms with Crippen molar-refractivity contribution < 1.29 is 38.5 Å². The number of thiophene rings is 1. The van der Waals surface area contributed by atoms with Gasteiger partial charge in [-0.2, -0.15) is 0 Å². The van der Waals surface area contributed by atoms with Crippen molar-refractivity contribution in [2.45, 2.75) is 105 Å². The Morgan fingerprint density at radius 3 is 2.32 bits per heavy atom. The van der Waals surface area contributed by atoms with Crippen LogP contribution in [0.15, 0.2) is 83.3 Å². The summed E-state index contributed by atoms with van der Waals surface area (Å²) in [6.07, 6.45) is -0.165. The Morgan fingerprint density at radius 2 is 1.62 bits per heavy atom. The number of anilines is 1. The van der Waals surface area contributed by atoms with Crippen LogP contribution in [0, 0.1) is 33.1 Å². The summed E-state index contributed by atoms with van der Waals surface area (Å²) in [6, 6.07) is 20.8. The van der Waals surface area contributed by atoms with E-state index >= 15 is 0 Å². The number of thiazole rings is 1. The molecule has 3 amide bonds. The first-order valence-electron chi connectivity index (χ1n) is 24.2. The van der Waals surface area contributed by atoms with Gasteiger partial charge in [0, 0.05) is 48.0 Å². The van der Waals surface area contributed by atoms with E-state index in [0.717, 1.165) is 59.8 Å². The van der Waals surface area contributed by atoms with Gasteiger partial charge in [-0.05, 0) is 98.7 Å². The van der Waals surface area contributed by atoms with E-state index < -0.39 is 29.6 Å². The van der Waals surface area contributed by atoms with Crippen molar-refractivity contribution in [2.75, 3.05) is 38.3 Å². The number of hydrogen-bond donors (Lipinski definition) is 3. The van der Waals surface area contributed by atoms with Crippen molar-refractivity contribution in [3.05, 3.63) is 123 Å². The molecule has 0 radical (unpaired) electrons. The molecule has 0 spiro atoms. The molecule has 16 nitrogen and oxygen atoms in total. The van der Waals surface area contributed by atoms with Crippen LogP contribution in [-0.4, -0.2) is 110 Å². The number of ketones is 1. The van der Waals surface area contributed by atoms with Crippen LogP contribution >= 0.6 is 22.7 Å². The molecule has 1 fully saturated rings. The van der Waals surface area contributed by atoms with Crippen LogP contribution in [0.3, 0.4) is 0 Å². The zero-order chi connectivity index (χ0) is 51.3. The number of rotatable bonds is 19. The van der Waals surface area contributed by atoms with Crippen molar-refractivity contribution in [3.8, 4) is 26.9 Å². The normalized spacial score (nSPS) is 16.8. The molecular weight excluding hydrogens is 953 g/mol. The van der Waals surface area contributed by atoms with E-state index in [1.165, 1.54) is 23.2 Å². The monoisotopic (exact) mass is 1010 g/mol. The zero-order valence-electron chi connectivity index (χ0n) is 42.0. The van der Waals surface area contributed by atoms with Crippen molar-refractivity contribution in [3.63, 3.8) is 0 Å². The molecule has 0 unspecified atom stereocenters. The molecule has 6 aromatic rings. The average molecular weight is 1020 g/mol. The van der Waals surface area contributed by atoms with Crippen molar-refractivity contribution in [1.82, 2.24) is 30.0 Å². The quantitative estimate of drug-likeness (QED) is 0.0663. The number of β-amino-alcohol motifs (C(OH)–C–C–N with tert-alkyl or cyclic N) is 1. The molecule has 0 saturated carbocycles. The van der Waals surface area contributed by atoms with Gasteiger partial charge >= 0.3 is 0 Å². The summed E-state index contributed by atoms with van der Waals surface area (Å²) in [6.45, 7) is 16.1. The molecule has 8 rings (SSSR count). The summed E-state index contributed by atoms with van der Waals surface area (Å²) >= 11 is 3.19. The third-order valence-electron chi connectivity index (χ3n) is 12.9. The lowest BCUT2D eigenvalue weighted by atomic mass is 9.85. The number of aryl methyl sites for hydroxylation is 4. The Labute approximate surface area is 427 Å². The number of nitrogens with one attached hydrogen (secondary N) is 2. The number of Topliss-reactive ketones (excluding diaryl/α,β-unsaturated/α-hetero) is 1. The van der Waals surface area contributed by atoms with Gasteiger partial charge in [-0.1, -0.05) is 51.1 Å². The standard InChI is InChI=1S/C54H62N8O8S2/c1-31-33(3)72-53-47(31)48(58-42(51-60-59-34(4)62(51)53)28-46(66)57-39-12-10-9-11-13-39)37-16-19-41(20-17-37)69-24-22-68-23-25-70-45-26-38(49-32(2)55-30-71-49)15-14-36(45)18-21-44(65)43-27-40(64)29-61(43)52(67)50(54(6,7)8)56-35(5)63/h9-17,19-20,26,30,40,42-43,50,64H,18,21-25,27-29H2,1-8H3,(H,56,63)(H,57,66)/t40-,42+,43+,50-/m1/s1. The van der Waals surface area contributed by atoms with E-state index in [-0.39, 0.29) is 62.5 Å². The molecule has 3 aromatic carbocycles. The van der Waals surface area contributed by atoms with Gasteiger partial charge < -0.3 is 34.9 Å². The number of aliphatic imine (C=N–C) groups is 1. The predicted octanol–water partition coefficient (Wildman–Crippen LogP) is 8.10. The van der Waals surface area contributed by atoms with Crippen molar-refractivity contribution in [2.24, 2.45) is 10.4 Å². The predicted molar refractivity (Wildman–Crippen MR) is 279 cm³/mol. The third kappa shape index (κ3) is 11.8. The van der Waals surface area contributed by atoms with E-state index in [4.69, 9.17) is 19.2 Å². The molecule has 3 N–H and O–H groups in total. The Kier molecular flexibility index (Phi) is 16.1. The van der Waals surface area contributed by atoms with E-state index in [2.05, 4.69) is 39.7 Å². The van der Waals surface area contributed by atoms with E-state index in [1.807, 2.05) is 112 Å². The Hall–Kier alpha value is -6.60. The maximum absolute atomic E-state index is 13.8. The van der Waals surface area contributed by atoms with Crippen LogP contribution in [-0.2, 0) is 30.3 Å². The summed E-state index contributed by atoms with van der Waals surface area (Å²) in [7, 11) is 0. The lowest BCUT2D eigenvalue weighted by Crippen LogP contribution is -2.56. The van der Waals surface area contributed by atoms with Gasteiger partial charge in [0.15, 0.2) is 11.6 Å². The second-order valence-electron chi connectivity index (χ2n) is 19.3. The first-order valence-corrected chi connectivity index (χ1v) is 25.9. The molecule has 2 aliphatic heterocycles. The van der Waals surface area contributed by atoms with Gasteiger partial charge in [0.05, 0.1) is 53.6 Å². The molecule has 0 aliphatic carbocycles. The molecule has 5 heterocycles. The number of aliphatic hydroxyl groups is 1. The summed E-state index contributed by atoms with van der Waals surface area (Å²) < 4.78 is 20.4. The number of aliphatic hydroxyl groups excluding tert-OH is 1. The number of ether oxygens (including phenoxy) is 3. The number of amides is 3. The number of likely N-dealkylation sites (tertiary alicyclic amines) is 1. The second kappa shape index (κ2) is 22.4. The molecule has 378 valence electrons. The number of nitrogens with zero attached hydrogens (tertiary/aromatic N) is 6. The van der Waals surface area contributed by atoms with Gasteiger partial charge in [0.1, 0.15) is 47.6 Å². The van der Waals surface area contributed by atoms with Crippen LogP contribution in [0.1, 0.15) is 97.5 Å². The average Bonchev–Trinajstić information content (AvgIpc) is 4.11. The van der Waals surface area contributed by atoms with Crippen LogP contribution in [0.4, 0.5) is 5.69 Å². The highest BCUT2D eigenvalue weighted by Crippen LogP contribution is 2.40. The number of fused-ring (bicyclic) bond motifs is 3. The SMILES string of the molecule is CC(=O)N[C@H](C(=O)N1C[C@H](O)C[C@H]1C(=O)CCc1ccc(-c2scnc2C)cc1OCCOCCOc1ccc(C2=N[C@@H](CC(=O)Nc3ccccc3)c3nnc(C)n3-c3sc(C)c(C)c32)cc1)C(C)(C)C. The fraction of sp³-hybridized carbons (Fsp3) is 0.407. The Morgan fingerprint density at radius 1 is 0.903 bits per heavy atom. The van der Waals surface area contributed by atoms with Crippen LogP contribution in [0.2, 0.25) is 0 Å². The highest BCUT2D eigenvalue weighted by atomic mass is 32.1. The number of aromatic nitrogens is 4. The van der Waals surface area contributed by atoms with E-state index in [0.29, 0.717) is 42.6 Å². The van der Waals surface area contributed by atoms with Crippen molar-refractivity contribution in [1.29, 1.82) is 0 Å². The second-order valence-corrected chi connectivity index (χ2v) is 21.4. The molecule has 0 bridgehead atoms. The molecule has 72 heavy (non-hydrogen) atoms. The zero-order valence-corrected chi connectivity index (χ0v) is 43.6. The summed E-state index contributed by atoms with van der Waals surface area (Å²) in [4.78, 5) is 66.4. The maximum atomic E-state index is 13.8. The largest absolute Gasteiger partial charge is 0.491 e. The molecular formula is C54H62N8O8S2. The highest BCUT2D eigenvalue weighted by Gasteiger charge is 2.44. The highest BCUT2D eigenvalue weighted by molar-refractivity contribution is 7.15. The molecule has 2 aliphatic rings. The van der Waals surface area contributed by atoms with Gasteiger partial charge in [-0.3, -0.25) is 28.7 Å². The van der Waals surface area contributed by atoms with E-state index in [1.54, 1.807) is 16.8 Å². The molecule has 18 heteroatoms. The number of hydrogen-bond acceptors (Lipinski definition) is 14. The topological polar surface area (TPSA) is 199 Å². The number of para-hydroxylation sites is 1. The van der Waals surface area contributed by atoms with Gasteiger partial charge in [-0.15, -0.1) is 32.9 Å². The molecule has 1 saturated heterocycles. The Bertz CT molecular complexity index is 2960. The minimum Gasteiger partial charge on any atom is -0.491 e.